The zero-order valence-electron chi connectivity index (χ0n) is 9.53. The fraction of sp³-hybridized carbons (Fsp3) is 0.267. The van der Waals surface area contributed by atoms with E-state index in [0.717, 1.165) is 0 Å². The largest absolute Gasteiger partial charge is 0.320 e. The summed E-state index contributed by atoms with van der Waals surface area (Å²) in [6, 6.07) is 13.3. The van der Waals surface area contributed by atoms with Crippen LogP contribution in [0.25, 0.3) is 15.6 Å². The van der Waals surface area contributed by atoms with Crippen LogP contribution in [0.15, 0.2) is 36.4 Å². The maximum atomic E-state index is 5.83. The molecule has 1 nitrogen and oxygen atoms in total. The van der Waals surface area contributed by atoms with E-state index in [1.54, 1.807) is 11.1 Å². The van der Waals surface area contributed by atoms with Gasteiger partial charge in [0.1, 0.15) is 0 Å². The Morgan fingerprint density at radius 1 is 1.06 bits per heavy atom. The second-order valence-corrected chi connectivity index (χ2v) is 4.00. The van der Waals surface area contributed by atoms with Crippen molar-refractivity contribution >= 4 is 10.8 Å². The minimum atomic E-state index is 1.27. The molecule has 0 fully saturated rings. The molecule has 0 amide bonds. The molecule has 1 aliphatic carbocycles. The van der Waals surface area contributed by atoms with E-state index in [1.165, 1.54) is 37.1 Å². The van der Waals surface area contributed by atoms with Crippen LogP contribution in [0.5, 0.6) is 0 Å². The summed E-state index contributed by atoms with van der Waals surface area (Å²) in [6.45, 7) is 5.83. The first-order chi connectivity index (χ1) is 7.86. The highest BCUT2D eigenvalue weighted by Crippen LogP contribution is 2.29. The number of rotatable bonds is 0. The van der Waals surface area contributed by atoms with Crippen LogP contribution < -0.4 is 0 Å². The smallest absolute Gasteiger partial charge is 0.205 e. The first kappa shape index (κ1) is 10.7. The standard InChI is InChI=1S/C13H12.C2H3N/c1-2-6-12-10(4-1)8-9-11-5-3-7-13(11)12;1-3-2/h1-2,4,6,8-9H,3,5,7H2;1H3. The van der Waals surface area contributed by atoms with E-state index in [0.29, 0.717) is 0 Å². The molecule has 0 N–H and O–H groups in total. The van der Waals surface area contributed by atoms with Crippen molar-refractivity contribution in [3.05, 3.63) is 58.9 Å². The normalized spacial score (nSPS) is 12.5. The highest BCUT2D eigenvalue weighted by atomic mass is 14.5. The van der Waals surface area contributed by atoms with Crippen molar-refractivity contribution in [1.29, 1.82) is 0 Å². The van der Waals surface area contributed by atoms with Gasteiger partial charge in [-0.2, -0.15) is 0 Å². The van der Waals surface area contributed by atoms with Crippen molar-refractivity contribution in [2.45, 2.75) is 19.3 Å². The van der Waals surface area contributed by atoms with Crippen LogP contribution in [-0.4, -0.2) is 7.05 Å². The molecule has 16 heavy (non-hydrogen) atoms. The Balaban J connectivity index is 0.000000292. The van der Waals surface area contributed by atoms with Crippen LogP contribution >= 0.6 is 0 Å². The third-order valence-electron chi connectivity index (χ3n) is 3.01. The van der Waals surface area contributed by atoms with E-state index in [4.69, 9.17) is 6.57 Å². The van der Waals surface area contributed by atoms with E-state index in [2.05, 4.69) is 41.2 Å². The predicted octanol–water partition coefficient (Wildman–Crippen LogP) is 3.86. The van der Waals surface area contributed by atoms with Gasteiger partial charge in [0.2, 0.25) is 7.05 Å². The zero-order chi connectivity index (χ0) is 11.4. The molecule has 2 aromatic rings. The average molecular weight is 209 g/mol. The Labute approximate surface area is 96.5 Å². The summed E-state index contributed by atoms with van der Waals surface area (Å²) in [7, 11) is 1.42. The summed E-state index contributed by atoms with van der Waals surface area (Å²) in [5.41, 5.74) is 3.16. The average Bonchev–Trinajstić information content (AvgIpc) is 2.78. The van der Waals surface area contributed by atoms with Crippen molar-refractivity contribution in [1.82, 2.24) is 0 Å². The molecule has 1 heteroatoms. The van der Waals surface area contributed by atoms with Gasteiger partial charge >= 0.3 is 0 Å². The van der Waals surface area contributed by atoms with Crippen LogP contribution in [0.4, 0.5) is 0 Å². The molecule has 1 aliphatic rings. The summed E-state index contributed by atoms with van der Waals surface area (Å²) in [6.07, 6.45) is 3.89. The van der Waals surface area contributed by atoms with Gasteiger partial charge in [-0.25, -0.2) is 6.57 Å². The Morgan fingerprint density at radius 2 is 1.81 bits per heavy atom. The lowest BCUT2D eigenvalue weighted by atomic mass is 10.0. The molecule has 0 saturated heterocycles. The molecule has 0 aromatic heterocycles. The van der Waals surface area contributed by atoms with Crippen LogP contribution in [0, 0.1) is 6.57 Å². The molecule has 0 spiro atoms. The molecule has 0 saturated carbocycles. The quantitative estimate of drug-likeness (QED) is 0.580. The summed E-state index contributed by atoms with van der Waals surface area (Å²) in [5.74, 6) is 0. The summed E-state index contributed by atoms with van der Waals surface area (Å²) < 4.78 is 0. The zero-order valence-corrected chi connectivity index (χ0v) is 9.53. The van der Waals surface area contributed by atoms with Crippen molar-refractivity contribution in [3.63, 3.8) is 0 Å². The fourth-order valence-electron chi connectivity index (χ4n) is 2.37. The van der Waals surface area contributed by atoms with Crippen molar-refractivity contribution in [2.24, 2.45) is 0 Å². The molecule has 0 atom stereocenters. The number of benzene rings is 2. The third kappa shape index (κ3) is 1.92. The number of hydrogen-bond donors (Lipinski definition) is 0. The van der Waals surface area contributed by atoms with Gasteiger partial charge in [0, 0.05) is 0 Å². The maximum Gasteiger partial charge on any atom is 0.205 e. The highest BCUT2D eigenvalue weighted by Gasteiger charge is 2.12. The van der Waals surface area contributed by atoms with E-state index < -0.39 is 0 Å². The van der Waals surface area contributed by atoms with Crippen LogP contribution in [-0.2, 0) is 12.8 Å². The van der Waals surface area contributed by atoms with Crippen LogP contribution in [0.3, 0.4) is 0 Å². The van der Waals surface area contributed by atoms with E-state index in [9.17, 15) is 0 Å². The topological polar surface area (TPSA) is 4.36 Å². The van der Waals surface area contributed by atoms with Gasteiger partial charge in [-0.1, -0.05) is 36.4 Å². The van der Waals surface area contributed by atoms with E-state index in [-0.39, 0.29) is 0 Å². The molecule has 0 radical (unpaired) electrons. The lowest BCUT2D eigenvalue weighted by Crippen LogP contribution is -1.83. The minimum Gasteiger partial charge on any atom is -0.320 e. The number of fused-ring (bicyclic) bond motifs is 3. The molecule has 0 aliphatic heterocycles. The van der Waals surface area contributed by atoms with Crippen LogP contribution in [0.1, 0.15) is 17.5 Å². The molecule has 80 valence electrons. The molecule has 0 heterocycles. The molecule has 0 unspecified atom stereocenters. The Hall–Kier alpha value is -1.81. The van der Waals surface area contributed by atoms with E-state index in [1.807, 2.05) is 0 Å². The van der Waals surface area contributed by atoms with Gasteiger partial charge in [0.05, 0.1) is 0 Å². The molecular weight excluding hydrogens is 194 g/mol. The minimum absolute atomic E-state index is 1.27. The molecule has 2 aromatic carbocycles. The summed E-state index contributed by atoms with van der Waals surface area (Å²) >= 11 is 0. The first-order valence-corrected chi connectivity index (χ1v) is 5.62. The van der Waals surface area contributed by atoms with Crippen LogP contribution in [0.2, 0.25) is 0 Å². The Morgan fingerprint density at radius 3 is 2.62 bits per heavy atom. The summed E-state index contributed by atoms with van der Waals surface area (Å²) in [5, 5.41) is 2.86. The third-order valence-corrected chi connectivity index (χ3v) is 3.01. The molecule has 3 rings (SSSR count). The van der Waals surface area contributed by atoms with Gasteiger partial charge in [-0.05, 0) is 41.2 Å². The SMILES string of the molecule is [C-]#[N+]C.c1ccc2c3c(ccc2c1)CCC3. The second-order valence-electron chi connectivity index (χ2n) is 4.00. The lowest BCUT2D eigenvalue weighted by Gasteiger charge is -2.03. The van der Waals surface area contributed by atoms with Crippen molar-refractivity contribution < 1.29 is 0 Å². The van der Waals surface area contributed by atoms with Gasteiger partial charge < -0.3 is 4.85 Å². The Kier molecular flexibility index (Phi) is 3.22. The fourth-order valence-corrected chi connectivity index (χ4v) is 2.37. The van der Waals surface area contributed by atoms with Gasteiger partial charge in [-0.15, -0.1) is 0 Å². The maximum absolute atomic E-state index is 5.83. The van der Waals surface area contributed by atoms with Gasteiger partial charge in [-0.3, -0.25) is 0 Å². The highest BCUT2D eigenvalue weighted by molar-refractivity contribution is 5.87. The second kappa shape index (κ2) is 4.81. The van der Waals surface area contributed by atoms with Crippen molar-refractivity contribution in [3.8, 4) is 0 Å². The van der Waals surface area contributed by atoms with Gasteiger partial charge in [0.25, 0.3) is 0 Å². The van der Waals surface area contributed by atoms with Crippen molar-refractivity contribution in [2.75, 3.05) is 7.05 Å². The summed E-state index contributed by atoms with van der Waals surface area (Å²) in [4.78, 5) is 2.75. The van der Waals surface area contributed by atoms with Gasteiger partial charge in [0.15, 0.2) is 0 Å². The Bertz CT molecular complexity index is 535. The number of nitrogens with zero attached hydrogens (tertiary/aromatic N) is 1. The molecular formula is C15H15N. The van der Waals surface area contributed by atoms with E-state index >= 15 is 0 Å². The number of aryl methyl sites for hydroxylation is 2. The predicted molar refractivity (Wildman–Crippen MR) is 68.5 cm³/mol. The number of hydrogen-bond acceptors (Lipinski definition) is 0. The molecule has 0 bridgehead atoms. The lowest BCUT2D eigenvalue weighted by molar-refractivity contribution is 0.913. The first-order valence-electron chi connectivity index (χ1n) is 5.62. The monoisotopic (exact) mass is 209 g/mol.